The average Bonchev–Trinajstić information content (AvgIpc) is 3.56. The van der Waals surface area contributed by atoms with Crippen LogP contribution in [-0.2, 0) is 18.4 Å². The van der Waals surface area contributed by atoms with E-state index in [1.807, 2.05) is 27.2 Å². The Hall–Kier alpha value is -0.760. The number of allylic oxidation sites excluding steroid dienone is 1. The highest BCUT2D eigenvalue weighted by Gasteiger charge is 2.28. The van der Waals surface area contributed by atoms with Crippen LogP contribution < -0.4 is 5.32 Å². The molecule has 0 saturated heterocycles. The number of nitrogens with zero attached hydrogens (tertiary/aromatic N) is 1. The number of amides is 1. The summed E-state index contributed by atoms with van der Waals surface area (Å²) in [5.41, 5.74) is 0. The highest BCUT2D eigenvalue weighted by atomic mass is 31.2. The molecule has 502 valence electrons. The number of rotatable bonds is 72. The van der Waals surface area contributed by atoms with Crippen molar-refractivity contribution in [3.8, 4) is 0 Å². The van der Waals surface area contributed by atoms with E-state index < -0.39 is 20.0 Å². The smallest absolute Gasteiger partial charge is 0.387 e. The third-order valence-electron chi connectivity index (χ3n) is 18.0. The van der Waals surface area contributed by atoms with E-state index in [1.165, 1.54) is 360 Å². The van der Waals surface area contributed by atoms with Gasteiger partial charge in [0.15, 0.2) is 0 Å². The lowest BCUT2D eigenvalue weighted by Crippen LogP contribution is -2.45. The first-order chi connectivity index (χ1) is 41.0. The number of unbranched alkanes of at least 4 members (excludes halogenated alkanes) is 59. The first-order valence-corrected chi connectivity index (χ1v) is 39.6. The molecule has 0 aromatic carbocycles. The minimum Gasteiger partial charge on any atom is -0.387 e. The van der Waals surface area contributed by atoms with E-state index in [2.05, 4.69) is 19.2 Å². The molecule has 0 saturated carbocycles. The Morgan fingerprint density at radius 3 is 0.881 bits per heavy atom. The van der Waals surface area contributed by atoms with Gasteiger partial charge >= 0.3 is 7.82 Å². The first kappa shape index (κ1) is 83.2. The molecule has 0 aromatic heterocycles. The van der Waals surface area contributed by atoms with Crippen molar-refractivity contribution in [2.75, 3.05) is 40.9 Å². The molecule has 0 aromatic rings. The number of nitrogens with one attached hydrogen (secondary N) is 1. The Bertz CT molecular complexity index is 1370. The number of aliphatic hydroxyl groups is 1. The van der Waals surface area contributed by atoms with Crippen molar-refractivity contribution in [3.63, 3.8) is 0 Å². The van der Waals surface area contributed by atoms with Crippen molar-refractivity contribution in [3.05, 3.63) is 12.2 Å². The zero-order valence-corrected chi connectivity index (χ0v) is 58.6. The lowest BCUT2D eigenvalue weighted by molar-refractivity contribution is -0.870. The predicted octanol–water partition coefficient (Wildman–Crippen LogP) is 24.5. The highest BCUT2D eigenvalue weighted by Crippen LogP contribution is 2.43. The maximum Gasteiger partial charge on any atom is 0.472 e. The number of quaternary nitrogens is 1. The van der Waals surface area contributed by atoms with Crippen molar-refractivity contribution < 1.29 is 32.9 Å². The summed E-state index contributed by atoms with van der Waals surface area (Å²) in [6, 6.07) is -0.844. The van der Waals surface area contributed by atoms with Gasteiger partial charge in [0.05, 0.1) is 39.9 Å². The molecule has 0 fully saturated rings. The van der Waals surface area contributed by atoms with Crippen LogP contribution in [-0.4, -0.2) is 73.4 Å². The number of carbonyl (C=O) groups excluding carboxylic acids is 1. The normalized spacial score (nSPS) is 13.6. The molecule has 3 unspecified atom stereocenters. The molecule has 8 nitrogen and oxygen atoms in total. The van der Waals surface area contributed by atoms with Gasteiger partial charge in [-0.2, -0.15) is 0 Å². The van der Waals surface area contributed by atoms with Gasteiger partial charge in [0, 0.05) is 6.42 Å². The summed E-state index contributed by atoms with van der Waals surface area (Å²) >= 11 is 0. The summed E-state index contributed by atoms with van der Waals surface area (Å²) < 4.78 is 23.9. The maximum absolute atomic E-state index is 13.1. The molecule has 3 N–H and O–H groups in total. The molecule has 84 heavy (non-hydrogen) atoms. The van der Waals surface area contributed by atoms with E-state index in [-0.39, 0.29) is 19.1 Å². The van der Waals surface area contributed by atoms with Gasteiger partial charge in [0.1, 0.15) is 13.2 Å². The van der Waals surface area contributed by atoms with Crippen LogP contribution in [0.1, 0.15) is 412 Å². The van der Waals surface area contributed by atoms with Crippen molar-refractivity contribution in [2.24, 2.45) is 0 Å². The number of aliphatic hydroxyl groups excluding tert-OH is 1. The molecule has 1 amide bonds. The fourth-order valence-electron chi connectivity index (χ4n) is 12.1. The Morgan fingerprint density at radius 2 is 0.631 bits per heavy atom. The Morgan fingerprint density at radius 1 is 0.393 bits per heavy atom. The van der Waals surface area contributed by atoms with Gasteiger partial charge < -0.3 is 19.8 Å². The van der Waals surface area contributed by atoms with Crippen LogP contribution in [0.3, 0.4) is 0 Å². The highest BCUT2D eigenvalue weighted by molar-refractivity contribution is 7.47. The first-order valence-electron chi connectivity index (χ1n) is 38.1. The van der Waals surface area contributed by atoms with Gasteiger partial charge in [0.25, 0.3) is 0 Å². The number of carbonyl (C=O) groups is 1. The number of phosphoric acid groups is 1. The van der Waals surface area contributed by atoms with Gasteiger partial charge in [-0.05, 0) is 19.3 Å². The number of hydrogen-bond donors (Lipinski definition) is 3. The van der Waals surface area contributed by atoms with Gasteiger partial charge in [-0.15, -0.1) is 0 Å². The molecule has 0 aliphatic carbocycles. The van der Waals surface area contributed by atoms with Gasteiger partial charge in [-0.3, -0.25) is 13.8 Å². The van der Waals surface area contributed by atoms with Crippen LogP contribution in [0.5, 0.6) is 0 Å². The molecular formula is C75H152N2O6P+. The lowest BCUT2D eigenvalue weighted by Gasteiger charge is -2.25. The summed E-state index contributed by atoms with van der Waals surface area (Å²) in [5, 5.41) is 14.0. The summed E-state index contributed by atoms with van der Waals surface area (Å²) in [4.78, 5) is 23.5. The third-order valence-corrected chi connectivity index (χ3v) is 19.0. The minimum atomic E-state index is -4.35. The van der Waals surface area contributed by atoms with Crippen molar-refractivity contribution in [1.29, 1.82) is 0 Å². The van der Waals surface area contributed by atoms with Gasteiger partial charge in [0.2, 0.25) is 5.91 Å². The minimum absolute atomic E-state index is 0.0656. The fraction of sp³-hybridized carbons (Fsp3) is 0.960. The van der Waals surface area contributed by atoms with Crippen LogP contribution in [0.2, 0.25) is 0 Å². The van der Waals surface area contributed by atoms with Crippen molar-refractivity contribution in [1.82, 2.24) is 5.32 Å². The maximum atomic E-state index is 13.1. The van der Waals surface area contributed by atoms with Gasteiger partial charge in [-0.25, -0.2) is 4.57 Å². The number of hydrogen-bond acceptors (Lipinski definition) is 5. The largest absolute Gasteiger partial charge is 0.472 e. The fourth-order valence-corrected chi connectivity index (χ4v) is 12.8. The second kappa shape index (κ2) is 66.7. The molecule has 0 aliphatic rings. The third kappa shape index (κ3) is 68.7. The zero-order valence-electron chi connectivity index (χ0n) is 57.7. The number of phosphoric ester groups is 1. The summed E-state index contributed by atoms with van der Waals surface area (Å²) in [7, 11) is 1.60. The zero-order chi connectivity index (χ0) is 61.2. The van der Waals surface area contributed by atoms with E-state index in [4.69, 9.17) is 9.05 Å². The van der Waals surface area contributed by atoms with Crippen LogP contribution in [0, 0.1) is 0 Å². The van der Waals surface area contributed by atoms with Crippen LogP contribution in [0.4, 0.5) is 0 Å². The van der Waals surface area contributed by atoms with Crippen molar-refractivity contribution in [2.45, 2.75) is 424 Å². The topological polar surface area (TPSA) is 105 Å². The molecule has 0 rings (SSSR count). The lowest BCUT2D eigenvalue weighted by atomic mass is 10.0. The molecule has 9 heteroatoms. The van der Waals surface area contributed by atoms with Gasteiger partial charge in [-0.1, -0.05) is 398 Å². The number of likely N-dealkylation sites (N-methyl/N-ethyl adjacent to an activating group) is 1. The van der Waals surface area contributed by atoms with Crippen LogP contribution in [0.15, 0.2) is 12.2 Å². The SMILES string of the molecule is CCCCCCCCCCCCCCCCCCCCCCCCCCCCCC/C=C/C(O)C(COP(=O)(O)OCC[N+](C)(C)C)NC(=O)CCCCCCCCCCCCCCCCCCCCCCCCCCCCCCCCCC. The van der Waals surface area contributed by atoms with E-state index in [0.717, 1.165) is 32.1 Å². The Labute approximate surface area is 526 Å². The molecule has 0 bridgehead atoms. The van der Waals surface area contributed by atoms with Crippen LogP contribution >= 0.6 is 7.82 Å². The molecule has 0 spiro atoms. The average molecular weight is 1210 g/mol. The van der Waals surface area contributed by atoms with E-state index in [1.54, 1.807) is 6.08 Å². The summed E-state index contributed by atoms with van der Waals surface area (Å²) in [6.45, 7) is 4.90. The molecular weight excluding hydrogens is 1060 g/mol. The quantitative estimate of drug-likeness (QED) is 0.0243. The second-order valence-electron chi connectivity index (χ2n) is 27.7. The summed E-state index contributed by atoms with van der Waals surface area (Å²) in [6.07, 6.45) is 86.8. The second-order valence-corrected chi connectivity index (χ2v) is 29.2. The van der Waals surface area contributed by atoms with Crippen LogP contribution in [0.25, 0.3) is 0 Å². The molecule has 0 aliphatic heterocycles. The Balaban J connectivity index is 3.97. The van der Waals surface area contributed by atoms with Crippen molar-refractivity contribution >= 4 is 13.7 Å². The molecule has 0 radical (unpaired) electrons. The monoisotopic (exact) mass is 1210 g/mol. The van der Waals surface area contributed by atoms with E-state index in [0.29, 0.717) is 17.4 Å². The standard InChI is InChI=1S/C75H151N2O6P/c1-6-8-10-12-14-16-18-20-22-24-26-28-30-32-34-36-38-39-41-43-45-47-49-51-53-55-57-59-61-63-65-67-69-75(79)76-73(72-83-84(80,81)82-71-70-77(3,4)5)74(78)68-66-64-62-60-58-56-54-52-50-48-46-44-42-40-37-35-33-31-29-27-25-23-21-19-17-15-13-11-9-7-2/h66,68,73-74,78H,6-65,67,69-72H2,1-5H3,(H-,76,79,80,81)/p+1/b68-66+. The Kier molecular flexibility index (Phi) is 66.1. The van der Waals surface area contributed by atoms with E-state index >= 15 is 0 Å². The summed E-state index contributed by atoms with van der Waals surface area (Å²) in [5.74, 6) is -0.166. The predicted molar refractivity (Wildman–Crippen MR) is 369 cm³/mol. The molecule has 3 atom stereocenters. The molecule has 0 heterocycles. The van der Waals surface area contributed by atoms with E-state index in [9.17, 15) is 19.4 Å².